The molecule has 1 aliphatic heterocycles. The van der Waals surface area contributed by atoms with Crippen LogP contribution in [0.5, 0.6) is 0 Å². The molecule has 120 valence electrons. The Balaban J connectivity index is 0.00000161. The first-order valence-electron chi connectivity index (χ1n) is 7.85. The predicted octanol–water partition coefficient (Wildman–Crippen LogP) is 0.907. The normalized spacial score (nSPS) is 38.0. The zero-order chi connectivity index (χ0) is 14.4. The van der Waals surface area contributed by atoms with Gasteiger partial charge in [-0.15, -0.1) is 12.4 Å². The summed E-state index contributed by atoms with van der Waals surface area (Å²) in [4.78, 5) is 26.5. The van der Waals surface area contributed by atoms with Crippen LogP contribution in [0.15, 0.2) is 0 Å². The monoisotopic (exact) mass is 315 g/mol. The van der Waals surface area contributed by atoms with Crippen LogP contribution in [0.3, 0.4) is 0 Å². The molecular formula is C15H26ClN3O2. The van der Waals surface area contributed by atoms with Crippen molar-refractivity contribution in [2.24, 2.45) is 23.5 Å². The van der Waals surface area contributed by atoms with Crippen molar-refractivity contribution < 1.29 is 9.59 Å². The predicted molar refractivity (Wildman–Crippen MR) is 82.9 cm³/mol. The summed E-state index contributed by atoms with van der Waals surface area (Å²) in [6.07, 6.45) is 4.10. The number of rotatable bonds is 3. The Bertz CT molecular complexity index is 427. The Morgan fingerprint density at radius 1 is 1.29 bits per heavy atom. The van der Waals surface area contributed by atoms with Crippen LogP contribution in [-0.2, 0) is 9.59 Å². The molecule has 1 saturated heterocycles. The van der Waals surface area contributed by atoms with Crippen LogP contribution in [0, 0.1) is 17.8 Å². The molecule has 5 atom stereocenters. The van der Waals surface area contributed by atoms with Gasteiger partial charge in [-0.05, 0) is 51.4 Å². The third-order valence-corrected chi connectivity index (χ3v) is 5.46. The van der Waals surface area contributed by atoms with E-state index in [4.69, 9.17) is 5.73 Å². The Hall–Kier alpha value is -0.810. The minimum Gasteiger partial charge on any atom is -0.344 e. The summed E-state index contributed by atoms with van der Waals surface area (Å²) < 4.78 is 0. The van der Waals surface area contributed by atoms with E-state index in [1.54, 1.807) is 0 Å². The van der Waals surface area contributed by atoms with Crippen LogP contribution >= 0.6 is 12.4 Å². The van der Waals surface area contributed by atoms with E-state index in [-0.39, 0.29) is 48.3 Å². The lowest BCUT2D eigenvalue weighted by molar-refractivity contribution is -0.135. The van der Waals surface area contributed by atoms with Gasteiger partial charge in [-0.25, -0.2) is 0 Å². The molecule has 3 N–H and O–H groups in total. The number of halogens is 1. The number of amides is 2. The van der Waals surface area contributed by atoms with E-state index >= 15 is 0 Å². The molecule has 2 aliphatic carbocycles. The van der Waals surface area contributed by atoms with Gasteiger partial charge in [-0.2, -0.15) is 0 Å². The van der Waals surface area contributed by atoms with Gasteiger partial charge in [0, 0.05) is 18.6 Å². The maximum Gasteiger partial charge on any atom is 0.245 e. The van der Waals surface area contributed by atoms with Crippen LogP contribution in [0.25, 0.3) is 0 Å². The zero-order valence-corrected chi connectivity index (χ0v) is 13.6. The Morgan fingerprint density at radius 2 is 1.95 bits per heavy atom. The van der Waals surface area contributed by atoms with Gasteiger partial charge >= 0.3 is 0 Å². The van der Waals surface area contributed by atoms with Crippen LogP contribution in [0.1, 0.15) is 39.5 Å². The van der Waals surface area contributed by atoms with E-state index < -0.39 is 0 Å². The maximum atomic E-state index is 12.5. The SMILES string of the molecule is CC(C)N1CCC(NC(=O)C2C3CCC(C3)C2N)C1=O.Cl. The molecule has 2 saturated carbocycles. The summed E-state index contributed by atoms with van der Waals surface area (Å²) in [7, 11) is 0. The molecule has 0 spiro atoms. The van der Waals surface area contributed by atoms with Gasteiger partial charge in [-0.3, -0.25) is 9.59 Å². The molecule has 0 aromatic rings. The van der Waals surface area contributed by atoms with Crippen molar-refractivity contribution in [3.63, 3.8) is 0 Å². The molecule has 3 rings (SSSR count). The van der Waals surface area contributed by atoms with E-state index in [2.05, 4.69) is 5.32 Å². The largest absolute Gasteiger partial charge is 0.344 e. The van der Waals surface area contributed by atoms with Crippen molar-refractivity contribution in [2.75, 3.05) is 6.54 Å². The summed E-state index contributed by atoms with van der Waals surface area (Å²) in [5, 5.41) is 2.96. The average molecular weight is 316 g/mol. The van der Waals surface area contributed by atoms with E-state index in [1.807, 2.05) is 18.7 Å². The lowest BCUT2D eigenvalue weighted by Crippen LogP contribution is -2.50. The summed E-state index contributed by atoms with van der Waals surface area (Å²) in [5.41, 5.74) is 6.19. The van der Waals surface area contributed by atoms with E-state index in [0.29, 0.717) is 11.8 Å². The fourth-order valence-electron chi connectivity index (χ4n) is 4.34. The van der Waals surface area contributed by atoms with Gasteiger partial charge in [0.1, 0.15) is 6.04 Å². The molecule has 0 aromatic carbocycles. The molecule has 3 aliphatic rings. The van der Waals surface area contributed by atoms with Gasteiger partial charge in [-0.1, -0.05) is 0 Å². The first kappa shape index (κ1) is 16.6. The van der Waals surface area contributed by atoms with Crippen molar-refractivity contribution >= 4 is 24.2 Å². The molecule has 21 heavy (non-hydrogen) atoms. The minimum absolute atomic E-state index is 0. The molecule has 1 heterocycles. The van der Waals surface area contributed by atoms with E-state index in [1.165, 1.54) is 6.42 Å². The number of carbonyl (C=O) groups is 2. The first-order chi connectivity index (χ1) is 9.49. The fourth-order valence-corrected chi connectivity index (χ4v) is 4.34. The van der Waals surface area contributed by atoms with Gasteiger partial charge < -0.3 is 16.0 Å². The number of hydrogen-bond acceptors (Lipinski definition) is 3. The van der Waals surface area contributed by atoms with Crippen LogP contribution in [0.4, 0.5) is 0 Å². The number of fused-ring (bicyclic) bond motifs is 2. The molecule has 2 bridgehead atoms. The highest BCUT2D eigenvalue weighted by molar-refractivity contribution is 5.90. The Labute approximate surface area is 132 Å². The number of carbonyl (C=O) groups excluding carboxylic acids is 2. The number of likely N-dealkylation sites (tertiary alicyclic amines) is 1. The highest BCUT2D eigenvalue weighted by Crippen LogP contribution is 2.47. The standard InChI is InChI=1S/C15H25N3O2.ClH/c1-8(2)18-6-5-11(15(18)20)17-14(19)12-9-3-4-10(7-9)13(12)16;/h8-13H,3-7,16H2,1-2H3,(H,17,19);1H. The van der Waals surface area contributed by atoms with Gasteiger partial charge in [0.15, 0.2) is 0 Å². The number of nitrogens with one attached hydrogen (secondary N) is 1. The third-order valence-electron chi connectivity index (χ3n) is 5.46. The van der Waals surface area contributed by atoms with Crippen molar-refractivity contribution in [1.82, 2.24) is 10.2 Å². The highest BCUT2D eigenvalue weighted by Gasteiger charge is 2.49. The first-order valence-corrected chi connectivity index (χ1v) is 7.85. The van der Waals surface area contributed by atoms with E-state index in [9.17, 15) is 9.59 Å². The zero-order valence-electron chi connectivity index (χ0n) is 12.7. The highest BCUT2D eigenvalue weighted by atomic mass is 35.5. The summed E-state index contributed by atoms with van der Waals surface area (Å²) >= 11 is 0. The quantitative estimate of drug-likeness (QED) is 0.813. The molecule has 6 heteroatoms. The number of nitrogens with zero attached hydrogens (tertiary/aromatic N) is 1. The van der Waals surface area contributed by atoms with Gasteiger partial charge in [0.05, 0.1) is 5.92 Å². The van der Waals surface area contributed by atoms with Crippen molar-refractivity contribution in [2.45, 2.75) is 57.7 Å². The van der Waals surface area contributed by atoms with Crippen LogP contribution < -0.4 is 11.1 Å². The fraction of sp³-hybridized carbons (Fsp3) is 0.867. The van der Waals surface area contributed by atoms with Crippen LogP contribution in [-0.4, -0.2) is 41.4 Å². The van der Waals surface area contributed by atoms with Crippen molar-refractivity contribution in [3.8, 4) is 0 Å². The summed E-state index contributed by atoms with van der Waals surface area (Å²) in [6, 6.07) is -0.142. The smallest absolute Gasteiger partial charge is 0.245 e. The average Bonchev–Trinajstić information content (AvgIpc) is 3.05. The molecule has 5 nitrogen and oxygen atoms in total. The van der Waals surface area contributed by atoms with Crippen LogP contribution in [0.2, 0.25) is 0 Å². The second kappa shape index (κ2) is 6.13. The lowest BCUT2D eigenvalue weighted by atomic mass is 9.84. The molecule has 5 unspecified atom stereocenters. The molecule has 0 radical (unpaired) electrons. The maximum absolute atomic E-state index is 12.5. The molecule has 3 fully saturated rings. The van der Waals surface area contributed by atoms with Crippen molar-refractivity contribution in [1.29, 1.82) is 0 Å². The minimum atomic E-state index is -0.337. The number of nitrogens with two attached hydrogens (primary N) is 1. The summed E-state index contributed by atoms with van der Waals surface area (Å²) in [5.74, 6) is 0.947. The topological polar surface area (TPSA) is 75.4 Å². The second-order valence-electron chi connectivity index (χ2n) is 6.91. The Kier molecular flexibility index (Phi) is 4.83. The molecule has 0 aromatic heterocycles. The second-order valence-corrected chi connectivity index (χ2v) is 6.91. The molecule has 2 amide bonds. The van der Waals surface area contributed by atoms with E-state index in [0.717, 1.165) is 25.8 Å². The number of hydrogen-bond donors (Lipinski definition) is 2. The van der Waals surface area contributed by atoms with Gasteiger partial charge in [0.2, 0.25) is 11.8 Å². The summed E-state index contributed by atoms with van der Waals surface area (Å²) in [6.45, 7) is 4.76. The van der Waals surface area contributed by atoms with Crippen molar-refractivity contribution in [3.05, 3.63) is 0 Å². The Morgan fingerprint density at radius 3 is 2.48 bits per heavy atom. The third kappa shape index (κ3) is 2.78. The lowest BCUT2D eigenvalue weighted by Gasteiger charge is -2.28. The molecular weight excluding hydrogens is 290 g/mol. The van der Waals surface area contributed by atoms with Gasteiger partial charge in [0.25, 0.3) is 0 Å².